The molecule has 1 saturated heterocycles. The highest BCUT2D eigenvalue weighted by Crippen LogP contribution is 2.21. The van der Waals surface area contributed by atoms with Crippen LogP contribution in [-0.2, 0) is 4.74 Å². The topological polar surface area (TPSA) is 29.5 Å². The molecule has 1 aliphatic heterocycles. The quantitative estimate of drug-likeness (QED) is 0.640. The predicted octanol–water partition coefficient (Wildman–Crippen LogP) is 3.24. The molecule has 1 heterocycles. The number of allylic oxidation sites excluding steroid dienone is 1. The molecule has 0 atom stereocenters. The van der Waals surface area contributed by atoms with Gasteiger partial charge in [-0.25, -0.2) is 0 Å². The Morgan fingerprint density at radius 2 is 1.41 bits per heavy atom. The van der Waals surface area contributed by atoms with Gasteiger partial charge in [-0.05, 0) is 5.56 Å². The van der Waals surface area contributed by atoms with Crippen LogP contribution in [0.2, 0.25) is 0 Å². The number of ketones is 1. The van der Waals surface area contributed by atoms with E-state index in [2.05, 4.69) is 4.90 Å². The Hall–Kier alpha value is -2.39. The molecule has 0 amide bonds. The maximum Gasteiger partial charge on any atom is 0.187 e. The van der Waals surface area contributed by atoms with Crippen LogP contribution in [0, 0.1) is 0 Å². The summed E-state index contributed by atoms with van der Waals surface area (Å²) in [7, 11) is 0. The van der Waals surface area contributed by atoms with E-state index in [0.717, 1.165) is 24.4 Å². The molecule has 0 spiro atoms. The second kappa shape index (κ2) is 7.05. The van der Waals surface area contributed by atoms with Crippen LogP contribution in [0.25, 0.3) is 5.70 Å². The van der Waals surface area contributed by atoms with Crippen molar-refractivity contribution in [3.05, 3.63) is 77.9 Å². The van der Waals surface area contributed by atoms with E-state index >= 15 is 0 Å². The summed E-state index contributed by atoms with van der Waals surface area (Å²) in [5, 5.41) is 0. The zero-order chi connectivity index (χ0) is 15.2. The van der Waals surface area contributed by atoms with Gasteiger partial charge in [0.25, 0.3) is 0 Å². The smallest absolute Gasteiger partial charge is 0.187 e. The first-order chi connectivity index (χ1) is 10.8. The van der Waals surface area contributed by atoms with E-state index in [1.807, 2.05) is 60.7 Å². The normalized spacial score (nSPS) is 15.6. The Morgan fingerprint density at radius 3 is 2.00 bits per heavy atom. The lowest BCUT2D eigenvalue weighted by Crippen LogP contribution is -2.35. The number of benzene rings is 2. The Bertz CT molecular complexity index is 644. The van der Waals surface area contributed by atoms with E-state index in [1.54, 1.807) is 6.08 Å². The molecule has 2 aromatic carbocycles. The summed E-state index contributed by atoms with van der Waals surface area (Å²) in [6.45, 7) is 3.01. The van der Waals surface area contributed by atoms with E-state index in [0.29, 0.717) is 18.8 Å². The molecule has 22 heavy (non-hydrogen) atoms. The Labute approximate surface area is 130 Å². The Morgan fingerprint density at radius 1 is 0.864 bits per heavy atom. The van der Waals surface area contributed by atoms with Crippen LogP contribution in [0.3, 0.4) is 0 Å². The molecule has 0 unspecified atom stereocenters. The first-order valence-corrected chi connectivity index (χ1v) is 7.54. The van der Waals surface area contributed by atoms with Gasteiger partial charge in [-0.15, -0.1) is 0 Å². The van der Waals surface area contributed by atoms with Gasteiger partial charge < -0.3 is 9.64 Å². The second-order valence-corrected chi connectivity index (χ2v) is 5.23. The van der Waals surface area contributed by atoms with Crippen LogP contribution < -0.4 is 0 Å². The zero-order valence-corrected chi connectivity index (χ0v) is 12.4. The predicted molar refractivity (Wildman–Crippen MR) is 87.6 cm³/mol. The molecule has 0 aromatic heterocycles. The van der Waals surface area contributed by atoms with Gasteiger partial charge in [0.15, 0.2) is 5.78 Å². The summed E-state index contributed by atoms with van der Waals surface area (Å²) in [6.07, 6.45) is 1.75. The highest BCUT2D eigenvalue weighted by Gasteiger charge is 2.16. The van der Waals surface area contributed by atoms with Gasteiger partial charge in [0.2, 0.25) is 0 Å². The number of carbonyl (C=O) groups excluding carboxylic acids is 1. The lowest BCUT2D eigenvalue weighted by atomic mass is 10.1. The van der Waals surface area contributed by atoms with Crippen LogP contribution in [0.1, 0.15) is 15.9 Å². The highest BCUT2D eigenvalue weighted by atomic mass is 16.5. The fraction of sp³-hybridized carbons (Fsp3) is 0.211. The first-order valence-electron chi connectivity index (χ1n) is 7.54. The molecular formula is C19H19NO2. The van der Waals surface area contributed by atoms with Gasteiger partial charge in [-0.1, -0.05) is 60.7 Å². The van der Waals surface area contributed by atoms with Crippen LogP contribution in [0.15, 0.2) is 66.7 Å². The Balaban J connectivity index is 1.94. The van der Waals surface area contributed by atoms with Crippen molar-refractivity contribution < 1.29 is 9.53 Å². The molecule has 3 nitrogen and oxygen atoms in total. The van der Waals surface area contributed by atoms with E-state index < -0.39 is 0 Å². The van der Waals surface area contributed by atoms with E-state index in [-0.39, 0.29) is 5.78 Å². The number of nitrogens with zero attached hydrogens (tertiary/aromatic N) is 1. The molecule has 0 radical (unpaired) electrons. The third-order valence-electron chi connectivity index (χ3n) is 3.75. The third-order valence-corrected chi connectivity index (χ3v) is 3.75. The molecule has 112 valence electrons. The van der Waals surface area contributed by atoms with Gasteiger partial charge in [0, 0.05) is 30.4 Å². The molecule has 3 heteroatoms. The van der Waals surface area contributed by atoms with E-state index in [1.165, 1.54) is 0 Å². The molecule has 3 rings (SSSR count). The Kier molecular flexibility index (Phi) is 4.66. The van der Waals surface area contributed by atoms with Gasteiger partial charge in [0.05, 0.1) is 13.2 Å². The van der Waals surface area contributed by atoms with Crippen molar-refractivity contribution in [3.8, 4) is 0 Å². The maximum absolute atomic E-state index is 12.5. The molecule has 0 aliphatic carbocycles. The fourth-order valence-electron chi connectivity index (χ4n) is 2.58. The summed E-state index contributed by atoms with van der Waals surface area (Å²) in [6, 6.07) is 19.4. The fourth-order valence-corrected chi connectivity index (χ4v) is 2.58. The lowest BCUT2D eigenvalue weighted by molar-refractivity contribution is 0.0637. The number of morpholine rings is 1. The van der Waals surface area contributed by atoms with Crippen LogP contribution in [0.5, 0.6) is 0 Å². The standard InChI is InChI=1S/C19H19NO2/c21-19(17-9-5-2-6-10-17)15-18(16-7-3-1-4-8-16)20-11-13-22-14-12-20/h1-10,15H,11-14H2/b18-15+. The first kappa shape index (κ1) is 14.5. The number of hydrogen-bond acceptors (Lipinski definition) is 3. The van der Waals surface area contributed by atoms with Crippen molar-refractivity contribution in [1.29, 1.82) is 0 Å². The van der Waals surface area contributed by atoms with Crippen LogP contribution in [0.4, 0.5) is 0 Å². The van der Waals surface area contributed by atoms with Gasteiger partial charge in [-0.2, -0.15) is 0 Å². The van der Waals surface area contributed by atoms with Crippen molar-refractivity contribution in [2.24, 2.45) is 0 Å². The van der Waals surface area contributed by atoms with E-state index in [4.69, 9.17) is 4.74 Å². The maximum atomic E-state index is 12.5. The minimum atomic E-state index is 0.0333. The largest absolute Gasteiger partial charge is 0.378 e. The number of ether oxygens (including phenoxy) is 1. The third kappa shape index (κ3) is 3.43. The number of carbonyl (C=O) groups is 1. The van der Waals surface area contributed by atoms with Gasteiger partial charge in [0.1, 0.15) is 0 Å². The van der Waals surface area contributed by atoms with Crippen molar-refractivity contribution in [1.82, 2.24) is 4.90 Å². The highest BCUT2D eigenvalue weighted by molar-refractivity contribution is 6.08. The summed E-state index contributed by atoms with van der Waals surface area (Å²) in [4.78, 5) is 14.8. The minimum Gasteiger partial charge on any atom is -0.378 e. The molecule has 0 saturated carbocycles. The van der Waals surface area contributed by atoms with Crippen LogP contribution >= 0.6 is 0 Å². The molecular weight excluding hydrogens is 274 g/mol. The molecule has 2 aromatic rings. The average Bonchev–Trinajstić information content (AvgIpc) is 2.62. The summed E-state index contributed by atoms with van der Waals surface area (Å²) in [5.41, 5.74) is 2.75. The second-order valence-electron chi connectivity index (χ2n) is 5.23. The average molecular weight is 293 g/mol. The number of hydrogen-bond donors (Lipinski definition) is 0. The van der Waals surface area contributed by atoms with Gasteiger partial charge in [-0.3, -0.25) is 4.79 Å². The molecule has 0 bridgehead atoms. The molecule has 0 N–H and O–H groups in total. The molecule has 1 fully saturated rings. The zero-order valence-electron chi connectivity index (χ0n) is 12.4. The lowest BCUT2D eigenvalue weighted by Gasteiger charge is -2.31. The van der Waals surface area contributed by atoms with Crippen molar-refractivity contribution in [3.63, 3.8) is 0 Å². The SMILES string of the molecule is O=C(/C=C(\c1ccccc1)N1CCOCC1)c1ccccc1. The van der Waals surface area contributed by atoms with E-state index in [9.17, 15) is 4.79 Å². The summed E-state index contributed by atoms with van der Waals surface area (Å²) >= 11 is 0. The minimum absolute atomic E-state index is 0.0333. The summed E-state index contributed by atoms with van der Waals surface area (Å²) < 4.78 is 5.42. The van der Waals surface area contributed by atoms with Crippen molar-refractivity contribution >= 4 is 11.5 Å². The number of rotatable bonds is 4. The summed E-state index contributed by atoms with van der Waals surface area (Å²) in [5.74, 6) is 0.0333. The monoisotopic (exact) mass is 293 g/mol. The molecule has 1 aliphatic rings. The van der Waals surface area contributed by atoms with Gasteiger partial charge >= 0.3 is 0 Å². The van der Waals surface area contributed by atoms with Crippen molar-refractivity contribution in [2.45, 2.75) is 0 Å². The van der Waals surface area contributed by atoms with Crippen LogP contribution in [-0.4, -0.2) is 37.0 Å². The van der Waals surface area contributed by atoms with Crippen molar-refractivity contribution in [2.75, 3.05) is 26.3 Å².